The Kier molecular flexibility index (Phi) is 4.17. The van der Waals surface area contributed by atoms with Crippen LogP contribution in [0.2, 0.25) is 0 Å². The van der Waals surface area contributed by atoms with E-state index in [1.807, 2.05) is 31.2 Å². The Hall–Kier alpha value is -2.77. The monoisotopic (exact) mass is 339 g/mol. The quantitative estimate of drug-likeness (QED) is 0.768. The molecule has 0 radical (unpaired) electrons. The number of hydrogen-bond donors (Lipinski definition) is 1. The minimum Gasteiger partial charge on any atom is -0.345 e. The van der Waals surface area contributed by atoms with Crippen LogP contribution in [0.15, 0.2) is 30.6 Å². The maximum Gasteiger partial charge on any atom is 0.244 e. The van der Waals surface area contributed by atoms with Crippen LogP contribution in [0.5, 0.6) is 0 Å². The summed E-state index contributed by atoms with van der Waals surface area (Å²) in [5, 5.41) is 19.9. The molecule has 0 aliphatic heterocycles. The molecule has 0 saturated heterocycles. The average Bonchev–Trinajstić information content (AvgIpc) is 3.33. The first-order valence-electron chi connectivity index (χ1n) is 8.69. The van der Waals surface area contributed by atoms with Crippen LogP contribution >= 0.6 is 0 Å². The minimum atomic E-state index is -0.208. The highest BCUT2D eigenvalue weighted by Crippen LogP contribution is 2.31. The molecule has 1 aromatic carbocycles. The second-order valence-corrected chi connectivity index (χ2v) is 6.54. The van der Waals surface area contributed by atoms with Gasteiger partial charge in [-0.05, 0) is 31.9 Å². The van der Waals surface area contributed by atoms with Crippen molar-refractivity contribution in [3.63, 3.8) is 0 Å². The highest BCUT2D eigenvalue weighted by atomic mass is 16.2. The Morgan fingerprint density at radius 3 is 2.60 bits per heavy atom. The number of carbonyl (C=O) groups is 1. The Morgan fingerprint density at radius 1 is 1.24 bits per heavy atom. The number of amides is 1. The van der Waals surface area contributed by atoms with Crippen molar-refractivity contribution in [1.29, 1.82) is 0 Å². The van der Waals surface area contributed by atoms with Crippen molar-refractivity contribution in [2.24, 2.45) is 0 Å². The molecule has 1 amide bonds. The van der Waals surface area contributed by atoms with Crippen LogP contribution in [0.1, 0.15) is 50.5 Å². The summed E-state index contributed by atoms with van der Waals surface area (Å²) in [5.41, 5.74) is 1.56. The van der Waals surface area contributed by atoms with E-state index >= 15 is 0 Å². The largest absolute Gasteiger partial charge is 0.345 e. The third-order valence-corrected chi connectivity index (χ3v) is 4.70. The van der Waals surface area contributed by atoms with E-state index in [1.165, 1.54) is 17.6 Å². The van der Waals surface area contributed by atoms with Gasteiger partial charge in [-0.3, -0.25) is 4.79 Å². The average molecular weight is 339 g/mol. The van der Waals surface area contributed by atoms with Crippen LogP contribution in [0.4, 0.5) is 0 Å². The number of aromatic nitrogens is 6. The van der Waals surface area contributed by atoms with Crippen molar-refractivity contribution >= 4 is 16.9 Å². The molecule has 130 valence electrons. The maximum absolute atomic E-state index is 12.4. The lowest BCUT2D eigenvalue weighted by molar-refractivity contribution is -0.122. The molecule has 1 aliphatic carbocycles. The van der Waals surface area contributed by atoms with E-state index in [1.54, 1.807) is 6.33 Å². The van der Waals surface area contributed by atoms with Crippen LogP contribution in [-0.4, -0.2) is 35.7 Å². The van der Waals surface area contributed by atoms with E-state index < -0.39 is 0 Å². The van der Waals surface area contributed by atoms with Gasteiger partial charge in [-0.1, -0.05) is 25.0 Å². The Balaban J connectivity index is 1.43. The summed E-state index contributed by atoms with van der Waals surface area (Å²) in [6.07, 6.45) is 6.55. The number of benzene rings is 1. The summed E-state index contributed by atoms with van der Waals surface area (Å²) in [6.45, 7) is 2.01. The standard InChI is InChI=1S/C17H21N7O/c1-12(17-20-18-11-23(17)13-6-2-3-7-13)19-16(25)10-24-21-14-8-4-5-9-15(14)22-24/h4-5,8-9,11-13H,2-3,6-7,10H2,1H3,(H,19,25). The smallest absolute Gasteiger partial charge is 0.244 e. The SMILES string of the molecule is CC(NC(=O)Cn1nc2ccccc2n1)c1nncn1C1CCCC1. The van der Waals surface area contributed by atoms with E-state index in [0.29, 0.717) is 6.04 Å². The molecule has 1 atom stereocenters. The van der Waals surface area contributed by atoms with Gasteiger partial charge in [0.2, 0.25) is 5.91 Å². The lowest BCUT2D eigenvalue weighted by atomic mass is 10.2. The number of carbonyl (C=O) groups excluding carboxylic acids is 1. The number of fused-ring (bicyclic) bond motifs is 1. The zero-order valence-corrected chi connectivity index (χ0v) is 14.2. The van der Waals surface area contributed by atoms with E-state index in [-0.39, 0.29) is 18.5 Å². The second kappa shape index (κ2) is 6.62. The summed E-state index contributed by atoms with van der Waals surface area (Å²) in [4.78, 5) is 13.8. The van der Waals surface area contributed by atoms with Crippen molar-refractivity contribution in [1.82, 2.24) is 35.1 Å². The topological polar surface area (TPSA) is 90.5 Å². The molecule has 0 spiro atoms. The van der Waals surface area contributed by atoms with Crippen molar-refractivity contribution in [2.45, 2.75) is 51.2 Å². The molecular formula is C17H21N7O. The zero-order valence-electron chi connectivity index (χ0n) is 14.2. The first-order valence-corrected chi connectivity index (χ1v) is 8.69. The zero-order chi connectivity index (χ0) is 17.2. The lowest BCUT2D eigenvalue weighted by Gasteiger charge is -2.18. The molecule has 1 saturated carbocycles. The van der Waals surface area contributed by atoms with Gasteiger partial charge in [0.1, 0.15) is 23.9 Å². The molecule has 3 aromatic rings. The number of nitrogens with zero attached hydrogens (tertiary/aromatic N) is 6. The van der Waals surface area contributed by atoms with Gasteiger partial charge in [0.25, 0.3) is 0 Å². The van der Waals surface area contributed by atoms with Gasteiger partial charge in [-0.15, -0.1) is 10.2 Å². The maximum atomic E-state index is 12.4. The molecule has 25 heavy (non-hydrogen) atoms. The van der Waals surface area contributed by atoms with Gasteiger partial charge < -0.3 is 9.88 Å². The molecule has 8 heteroatoms. The lowest BCUT2D eigenvalue weighted by Crippen LogP contribution is -2.32. The number of hydrogen-bond acceptors (Lipinski definition) is 5. The third kappa shape index (κ3) is 3.24. The highest BCUT2D eigenvalue weighted by molar-refractivity contribution is 5.77. The Bertz CT molecular complexity index is 845. The molecule has 2 aromatic heterocycles. The molecule has 0 bridgehead atoms. The fourth-order valence-corrected chi connectivity index (χ4v) is 3.48. The van der Waals surface area contributed by atoms with Gasteiger partial charge in [-0.25, -0.2) is 0 Å². The number of nitrogens with one attached hydrogen (secondary N) is 1. The van der Waals surface area contributed by atoms with Gasteiger partial charge in [0.05, 0.1) is 6.04 Å². The highest BCUT2D eigenvalue weighted by Gasteiger charge is 2.23. The predicted octanol–water partition coefficient (Wildman–Crippen LogP) is 2.02. The summed E-state index contributed by atoms with van der Waals surface area (Å²) >= 11 is 0. The molecule has 1 aliphatic rings. The molecule has 4 rings (SSSR count). The molecular weight excluding hydrogens is 318 g/mol. The first-order chi connectivity index (χ1) is 12.2. The van der Waals surface area contributed by atoms with Crippen LogP contribution in [0.25, 0.3) is 11.0 Å². The van der Waals surface area contributed by atoms with E-state index in [0.717, 1.165) is 29.7 Å². The van der Waals surface area contributed by atoms with Gasteiger partial charge in [-0.2, -0.15) is 15.0 Å². The van der Waals surface area contributed by atoms with Gasteiger partial charge in [0.15, 0.2) is 5.82 Å². The van der Waals surface area contributed by atoms with Crippen molar-refractivity contribution in [3.05, 3.63) is 36.4 Å². The van der Waals surface area contributed by atoms with Crippen LogP contribution in [-0.2, 0) is 11.3 Å². The van der Waals surface area contributed by atoms with E-state index in [9.17, 15) is 4.79 Å². The molecule has 2 heterocycles. The summed E-state index contributed by atoms with van der Waals surface area (Å²) < 4.78 is 2.11. The van der Waals surface area contributed by atoms with Crippen molar-refractivity contribution < 1.29 is 4.79 Å². The first kappa shape index (κ1) is 15.7. The van der Waals surface area contributed by atoms with E-state index in [4.69, 9.17) is 0 Å². The van der Waals surface area contributed by atoms with Crippen molar-refractivity contribution in [3.8, 4) is 0 Å². The van der Waals surface area contributed by atoms with Crippen LogP contribution in [0.3, 0.4) is 0 Å². The Labute approximate surface area is 145 Å². The summed E-state index contributed by atoms with van der Waals surface area (Å²) in [6, 6.07) is 7.80. The molecule has 8 nitrogen and oxygen atoms in total. The van der Waals surface area contributed by atoms with Crippen LogP contribution in [0, 0.1) is 0 Å². The number of rotatable bonds is 5. The van der Waals surface area contributed by atoms with E-state index in [2.05, 4.69) is 30.3 Å². The predicted molar refractivity (Wildman–Crippen MR) is 91.6 cm³/mol. The molecule has 1 N–H and O–H groups in total. The second-order valence-electron chi connectivity index (χ2n) is 6.54. The summed E-state index contributed by atoms with van der Waals surface area (Å²) in [5.74, 6) is 0.660. The third-order valence-electron chi connectivity index (χ3n) is 4.70. The molecule has 1 fully saturated rings. The fraction of sp³-hybridized carbons (Fsp3) is 0.471. The van der Waals surface area contributed by atoms with Crippen molar-refractivity contribution in [2.75, 3.05) is 0 Å². The normalized spacial score (nSPS) is 16.4. The fourth-order valence-electron chi connectivity index (χ4n) is 3.48. The van der Waals surface area contributed by atoms with Gasteiger partial charge >= 0.3 is 0 Å². The summed E-state index contributed by atoms with van der Waals surface area (Å²) in [7, 11) is 0. The minimum absolute atomic E-state index is 0.0799. The Morgan fingerprint density at radius 2 is 1.92 bits per heavy atom. The van der Waals surface area contributed by atoms with Crippen LogP contribution < -0.4 is 5.32 Å². The molecule has 1 unspecified atom stereocenters. The van der Waals surface area contributed by atoms with Gasteiger partial charge in [0, 0.05) is 6.04 Å².